The molecule has 31 heavy (non-hydrogen) atoms. The molecule has 3 aromatic heterocycles. The quantitative estimate of drug-likeness (QED) is 0.405. The molecule has 0 radical (unpaired) electrons. The van der Waals surface area contributed by atoms with Crippen LogP contribution >= 0.6 is 0 Å². The summed E-state index contributed by atoms with van der Waals surface area (Å²) in [5.41, 5.74) is 0.0631. The predicted octanol–water partition coefficient (Wildman–Crippen LogP) is -0.584. The molecular formula is C17H19FN8O4S. The van der Waals surface area contributed by atoms with Crippen molar-refractivity contribution in [3.63, 3.8) is 0 Å². The third-order valence-corrected chi connectivity index (χ3v) is 6.97. The Labute approximate surface area is 176 Å². The van der Waals surface area contributed by atoms with Gasteiger partial charge in [0.15, 0.2) is 11.6 Å². The number of ketones is 1. The number of piperazine rings is 1. The van der Waals surface area contributed by atoms with Gasteiger partial charge in [0, 0.05) is 46.5 Å². The van der Waals surface area contributed by atoms with Gasteiger partial charge in [0.1, 0.15) is 12.7 Å². The smallest absolute Gasteiger partial charge is 0.295 e. The van der Waals surface area contributed by atoms with Gasteiger partial charge in [-0.2, -0.15) is 22.1 Å². The van der Waals surface area contributed by atoms with E-state index >= 15 is 0 Å². The highest BCUT2D eigenvalue weighted by Gasteiger charge is 2.33. The van der Waals surface area contributed by atoms with Crippen LogP contribution in [0.5, 0.6) is 0 Å². The van der Waals surface area contributed by atoms with Gasteiger partial charge in [0.2, 0.25) is 0 Å². The van der Waals surface area contributed by atoms with Gasteiger partial charge >= 0.3 is 0 Å². The lowest BCUT2D eigenvalue weighted by molar-refractivity contribution is -0.127. The van der Waals surface area contributed by atoms with Crippen LogP contribution < -0.4 is 0 Å². The van der Waals surface area contributed by atoms with Crippen molar-refractivity contribution < 1.29 is 22.4 Å². The Kier molecular flexibility index (Phi) is 5.28. The lowest BCUT2D eigenvalue weighted by atomic mass is 10.1. The second-order valence-electron chi connectivity index (χ2n) is 7.03. The number of carbonyl (C=O) groups is 2. The molecule has 1 aliphatic rings. The topological polar surface area (TPSA) is 137 Å². The Hall–Kier alpha value is -3.23. The number of fused-ring (bicyclic) bond motifs is 1. The maximum absolute atomic E-state index is 14.5. The van der Waals surface area contributed by atoms with Crippen LogP contribution in [0.2, 0.25) is 0 Å². The van der Waals surface area contributed by atoms with Gasteiger partial charge in [-0.05, 0) is 0 Å². The molecule has 1 aliphatic heterocycles. The number of hydrogen-bond donors (Lipinski definition) is 1. The standard InChI is InChI=1S/C17H19FN8O4S/c1-23(2)31(29,30)25-5-3-24(4-6-25)17(28)15(27)11-7-20-14-13(11)12(18)8-21-16(14)26-10-19-9-22-26/h7-10,20H,3-6H2,1-2H3. The van der Waals surface area contributed by atoms with E-state index in [0.717, 1.165) is 10.5 Å². The predicted molar refractivity (Wildman–Crippen MR) is 106 cm³/mol. The molecule has 164 valence electrons. The molecule has 3 aromatic rings. The number of amides is 1. The molecule has 0 atom stereocenters. The number of aromatic nitrogens is 5. The Morgan fingerprint density at radius 3 is 2.52 bits per heavy atom. The fourth-order valence-corrected chi connectivity index (χ4v) is 4.46. The van der Waals surface area contributed by atoms with Crippen molar-refractivity contribution in [2.45, 2.75) is 0 Å². The average Bonchev–Trinajstić information content (AvgIpc) is 3.44. The summed E-state index contributed by atoms with van der Waals surface area (Å²) in [6, 6.07) is 0. The van der Waals surface area contributed by atoms with Gasteiger partial charge in [0.05, 0.1) is 22.7 Å². The van der Waals surface area contributed by atoms with Gasteiger partial charge in [-0.25, -0.2) is 19.0 Å². The summed E-state index contributed by atoms with van der Waals surface area (Å²) in [4.78, 5) is 37.5. The number of rotatable bonds is 5. The van der Waals surface area contributed by atoms with Gasteiger partial charge in [0.25, 0.3) is 21.9 Å². The van der Waals surface area contributed by atoms with E-state index in [1.165, 1.54) is 46.8 Å². The van der Waals surface area contributed by atoms with E-state index in [-0.39, 0.29) is 48.5 Å². The summed E-state index contributed by atoms with van der Waals surface area (Å²) in [6.07, 6.45) is 4.85. The van der Waals surface area contributed by atoms with E-state index in [4.69, 9.17) is 0 Å². The summed E-state index contributed by atoms with van der Waals surface area (Å²) < 4.78 is 42.6. The van der Waals surface area contributed by atoms with Crippen LogP contribution in [-0.2, 0) is 15.0 Å². The number of aromatic amines is 1. The van der Waals surface area contributed by atoms with Gasteiger partial charge < -0.3 is 9.88 Å². The maximum Gasteiger partial charge on any atom is 0.295 e. The van der Waals surface area contributed by atoms with E-state index in [2.05, 4.69) is 20.1 Å². The second-order valence-corrected chi connectivity index (χ2v) is 9.18. The van der Waals surface area contributed by atoms with Crippen molar-refractivity contribution in [1.82, 2.24) is 38.2 Å². The Morgan fingerprint density at radius 2 is 1.90 bits per heavy atom. The highest BCUT2D eigenvalue weighted by atomic mass is 32.2. The Morgan fingerprint density at radius 1 is 1.19 bits per heavy atom. The van der Waals surface area contributed by atoms with Crippen molar-refractivity contribution in [2.75, 3.05) is 40.3 Å². The van der Waals surface area contributed by atoms with E-state index < -0.39 is 27.7 Å². The molecule has 0 spiro atoms. The zero-order valence-corrected chi connectivity index (χ0v) is 17.5. The minimum Gasteiger partial charge on any atom is -0.357 e. The van der Waals surface area contributed by atoms with Crippen LogP contribution in [0.15, 0.2) is 25.0 Å². The Bertz CT molecular complexity index is 1250. The van der Waals surface area contributed by atoms with Crippen LogP contribution in [0, 0.1) is 5.82 Å². The zero-order valence-electron chi connectivity index (χ0n) is 16.7. The molecule has 0 aromatic carbocycles. The number of pyridine rings is 1. The second kappa shape index (κ2) is 7.79. The largest absolute Gasteiger partial charge is 0.357 e. The fraction of sp³-hybridized carbons (Fsp3) is 0.353. The molecule has 4 rings (SSSR count). The number of nitrogens with one attached hydrogen (secondary N) is 1. The molecule has 0 unspecified atom stereocenters. The lowest BCUT2D eigenvalue weighted by Gasteiger charge is -2.34. The highest BCUT2D eigenvalue weighted by molar-refractivity contribution is 7.86. The zero-order chi connectivity index (χ0) is 22.3. The highest BCUT2D eigenvalue weighted by Crippen LogP contribution is 2.26. The monoisotopic (exact) mass is 450 g/mol. The van der Waals surface area contributed by atoms with Gasteiger partial charge in [-0.15, -0.1) is 0 Å². The summed E-state index contributed by atoms with van der Waals surface area (Å²) in [5, 5.41) is 3.88. The van der Waals surface area contributed by atoms with E-state index in [1.54, 1.807) is 0 Å². The molecule has 1 amide bonds. The third-order valence-electron chi connectivity index (χ3n) is 5.03. The van der Waals surface area contributed by atoms with Crippen molar-refractivity contribution in [1.29, 1.82) is 0 Å². The van der Waals surface area contributed by atoms with E-state index in [0.29, 0.717) is 0 Å². The van der Waals surface area contributed by atoms with Gasteiger partial charge in [-0.3, -0.25) is 9.59 Å². The summed E-state index contributed by atoms with van der Waals surface area (Å²) >= 11 is 0. The van der Waals surface area contributed by atoms with Crippen molar-refractivity contribution >= 4 is 32.8 Å². The number of Topliss-reactive ketones (excluding diaryl/α,β-unsaturated/α-hetero) is 1. The average molecular weight is 450 g/mol. The third kappa shape index (κ3) is 3.58. The number of H-pyrrole nitrogens is 1. The number of carbonyl (C=O) groups excluding carboxylic acids is 2. The van der Waals surface area contributed by atoms with Crippen LogP contribution in [0.3, 0.4) is 0 Å². The number of nitrogens with zero attached hydrogens (tertiary/aromatic N) is 7. The molecule has 1 N–H and O–H groups in total. The fourth-order valence-electron chi connectivity index (χ4n) is 3.38. The maximum atomic E-state index is 14.5. The first-order valence-corrected chi connectivity index (χ1v) is 10.6. The molecule has 12 nitrogen and oxygen atoms in total. The first-order chi connectivity index (χ1) is 14.7. The van der Waals surface area contributed by atoms with Crippen molar-refractivity contribution in [3.05, 3.63) is 36.4 Å². The number of hydrogen-bond acceptors (Lipinski definition) is 7. The minimum absolute atomic E-state index is 0.0498. The summed E-state index contributed by atoms with van der Waals surface area (Å²) in [5.74, 6) is -2.27. The molecule has 0 saturated carbocycles. The first-order valence-electron chi connectivity index (χ1n) is 9.23. The molecule has 0 aliphatic carbocycles. The van der Waals surface area contributed by atoms with Gasteiger partial charge in [-0.1, -0.05) is 0 Å². The number of halogens is 1. The molecular weight excluding hydrogens is 431 g/mol. The van der Waals surface area contributed by atoms with E-state index in [1.807, 2.05) is 0 Å². The van der Waals surface area contributed by atoms with Crippen LogP contribution in [0.1, 0.15) is 10.4 Å². The SMILES string of the molecule is CN(C)S(=O)(=O)N1CCN(C(=O)C(=O)c2c[nH]c3c(-n4cncn4)ncc(F)c23)CC1. The summed E-state index contributed by atoms with van der Waals surface area (Å²) in [6.45, 7) is 0.215. The Balaban J connectivity index is 1.58. The van der Waals surface area contributed by atoms with E-state index in [9.17, 15) is 22.4 Å². The molecule has 1 saturated heterocycles. The molecule has 4 heterocycles. The normalized spacial score (nSPS) is 15.7. The van der Waals surface area contributed by atoms with Crippen LogP contribution in [-0.4, -0.2) is 98.6 Å². The molecule has 0 bridgehead atoms. The van der Waals surface area contributed by atoms with Crippen LogP contribution in [0.25, 0.3) is 16.7 Å². The first kappa shape index (κ1) is 21.0. The molecule has 14 heteroatoms. The molecule has 1 fully saturated rings. The van der Waals surface area contributed by atoms with Crippen molar-refractivity contribution in [2.24, 2.45) is 0 Å². The lowest BCUT2D eigenvalue weighted by Crippen LogP contribution is -2.54. The van der Waals surface area contributed by atoms with Crippen molar-refractivity contribution in [3.8, 4) is 5.82 Å². The van der Waals surface area contributed by atoms with Crippen LogP contribution in [0.4, 0.5) is 4.39 Å². The minimum atomic E-state index is -3.60. The summed E-state index contributed by atoms with van der Waals surface area (Å²) in [7, 11) is -0.762.